The largest absolute Gasteiger partial charge is 0.316 e. The Morgan fingerprint density at radius 3 is 2.83 bits per heavy atom. The zero-order chi connectivity index (χ0) is 7.68. The number of hydrogen-bond donors (Lipinski definition) is 1. The minimum atomic E-state index is 0. The van der Waals surface area contributed by atoms with Gasteiger partial charge in [-0.1, -0.05) is 11.6 Å². The molecule has 68 valence electrons. The van der Waals surface area contributed by atoms with Gasteiger partial charge < -0.3 is 5.32 Å². The molecule has 0 radical (unpaired) electrons. The van der Waals surface area contributed by atoms with Gasteiger partial charge in [-0.3, -0.25) is 4.68 Å². The van der Waals surface area contributed by atoms with Crippen LogP contribution in [0.3, 0.4) is 0 Å². The normalized spacial score (nSPS) is 16.8. The highest BCUT2D eigenvalue weighted by atomic mass is 35.5. The summed E-state index contributed by atoms with van der Waals surface area (Å²) in [6.07, 6.45) is 3.54. The van der Waals surface area contributed by atoms with Crippen LogP contribution in [-0.2, 0) is 6.54 Å². The number of aromatic nitrogens is 2. The second-order valence-electron chi connectivity index (χ2n) is 2.90. The summed E-state index contributed by atoms with van der Waals surface area (Å²) in [5.41, 5.74) is 0. The molecule has 12 heavy (non-hydrogen) atoms. The first-order valence-electron chi connectivity index (χ1n) is 3.73. The van der Waals surface area contributed by atoms with E-state index >= 15 is 0 Å². The van der Waals surface area contributed by atoms with E-state index in [2.05, 4.69) is 10.4 Å². The topological polar surface area (TPSA) is 29.9 Å². The summed E-state index contributed by atoms with van der Waals surface area (Å²) in [6.45, 7) is 3.20. The van der Waals surface area contributed by atoms with Crippen molar-refractivity contribution in [2.24, 2.45) is 5.92 Å². The Kier molecular flexibility index (Phi) is 3.38. The van der Waals surface area contributed by atoms with Gasteiger partial charge in [-0.25, -0.2) is 0 Å². The van der Waals surface area contributed by atoms with Crippen molar-refractivity contribution in [2.75, 3.05) is 13.1 Å². The van der Waals surface area contributed by atoms with Gasteiger partial charge in [0.15, 0.2) is 0 Å². The van der Waals surface area contributed by atoms with Gasteiger partial charge in [0.25, 0.3) is 0 Å². The van der Waals surface area contributed by atoms with Gasteiger partial charge in [0.2, 0.25) is 0 Å². The summed E-state index contributed by atoms with van der Waals surface area (Å²) >= 11 is 5.71. The predicted molar refractivity (Wildman–Crippen MR) is 50.8 cm³/mol. The van der Waals surface area contributed by atoms with E-state index in [0.29, 0.717) is 0 Å². The highest BCUT2D eigenvalue weighted by Crippen LogP contribution is 2.09. The number of nitrogens with one attached hydrogen (secondary N) is 1. The van der Waals surface area contributed by atoms with E-state index in [4.69, 9.17) is 11.6 Å². The van der Waals surface area contributed by atoms with Crippen LogP contribution < -0.4 is 5.32 Å². The first kappa shape index (κ1) is 9.84. The molecule has 0 saturated carbocycles. The van der Waals surface area contributed by atoms with Crippen LogP contribution in [0.2, 0.25) is 5.02 Å². The van der Waals surface area contributed by atoms with E-state index in [-0.39, 0.29) is 12.4 Å². The Balaban J connectivity index is 0.000000720. The summed E-state index contributed by atoms with van der Waals surface area (Å²) in [4.78, 5) is 0. The standard InChI is InChI=1S/C7H10ClN3.ClH/c8-7-3-10-11(5-7)4-6-1-9-2-6;/h3,5-6,9H,1-2,4H2;1H. The van der Waals surface area contributed by atoms with E-state index in [1.54, 1.807) is 6.20 Å². The molecule has 2 rings (SSSR count). The Morgan fingerprint density at radius 2 is 2.42 bits per heavy atom. The Labute approximate surface area is 82.5 Å². The fourth-order valence-electron chi connectivity index (χ4n) is 1.18. The third-order valence-corrected chi connectivity index (χ3v) is 2.11. The van der Waals surface area contributed by atoms with Crippen LogP contribution in [0.15, 0.2) is 12.4 Å². The van der Waals surface area contributed by atoms with Gasteiger partial charge in [-0.2, -0.15) is 5.10 Å². The Morgan fingerprint density at radius 1 is 1.67 bits per heavy atom. The molecule has 1 aliphatic heterocycles. The molecular formula is C7H11Cl2N3. The molecule has 0 aromatic carbocycles. The van der Waals surface area contributed by atoms with Crippen LogP contribution in [0.5, 0.6) is 0 Å². The van der Waals surface area contributed by atoms with Crippen molar-refractivity contribution in [3.05, 3.63) is 17.4 Å². The molecular weight excluding hydrogens is 197 g/mol. The molecule has 5 heteroatoms. The molecule has 0 atom stereocenters. The average molecular weight is 208 g/mol. The lowest BCUT2D eigenvalue weighted by Crippen LogP contribution is -2.44. The van der Waals surface area contributed by atoms with Crippen molar-refractivity contribution in [3.63, 3.8) is 0 Å². The van der Waals surface area contributed by atoms with Crippen LogP contribution in [-0.4, -0.2) is 22.9 Å². The van der Waals surface area contributed by atoms with Gasteiger partial charge in [0, 0.05) is 31.7 Å². The second-order valence-corrected chi connectivity index (χ2v) is 3.34. The minimum absolute atomic E-state index is 0. The summed E-state index contributed by atoms with van der Waals surface area (Å²) < 4.78 is 1.90. The van der Waals surface area contributed by atoms with Crippen molar-refractivity contribution >= 4 is 24.0 Å². The maximum absolute atomic E-state index is 5.71. The summed E-state index contributed by atoms with van der Waals surface area (Å²) in [5, 5.41) is 8.03. The van der Waals surface area contributed by atoms with Crippen LogP contribution in [0.1, 0.15) is 0 Å². The zero-order valence-electron chi connectivity index (χ0n) is 6.53. The molecule has 0 unspecified atom stereocenters. The van der Waals surface area contributed by atoms with Crippen molar-refractivity contribution in [1.29, 1.82) is 0 Å². The second kappa shape index (κ2) is 4.12. The molecule has 1 N–H and O–H groups in total. The molecule has 0 amide bonds. The highest BCUT2D eigenvalue weighted by Gasteiger charge is 2.16. The number of hydrogen-bond acceptors (Lipinski definition) is 2. The molecule has 0 spiro atoms. The summed E-state index contributed by atoms with van der Waals surface area (Å²) in [6, 6.07) is 0. The van der Waals surface area contributed by atoms with Gasteiger partial charge in [0.05, 0.1) is 11.2 Å². The third-order valence-electron chi connectivity index (χ3n) is 1.91. The van der Waals surface area contributed by atoms with Gasteiger partial charge in [0.1, 0.15) is 0 Å². The van der Waals surface area contributed by atoms with E-state index < -0.39 is 0 Å². The van der Waals surface area contributed by atoms with Crippen LogP contribution >= 0.6 is 24.0 Å². The number of rotatable bonds is 2. The van der Waals surface area contributed by atoms with Gasteiger partial charge in [-0.15, -0.1) is 12.4 Å². The van der Waals surface area contributed by atoms with Crippen LogP contribution in [0.4, 0.5) is 0 Å². The summed E-state index contributed by atoms with van der Waals surface area (Å²) in [5.74, 6) is 0.742. The molecule has 1 saturated heterocycles. The molecule has 1 aromatic rings. The van der Waals surface area contributed by atoms with Crippen molar-refractivity contribution in [1.82, 2.24) is 15.1 Å². The van der Waals surface area contributed by atoms with E-state index in [1.165, 1.54) is 0 Å². The molecule has 0 bridgehead atoms. The molecule has 0 aliphatic carbocycles. The van der Waals surface area contributed by atoms with Crippen molar-refractivity contribution in [3.8, 4) is 0 Å². The number of nitrogens with zero attached hydrogens (tertiary/aromatic N) is 2. The lowest BCUT2D eigenvalue weighted by Gasteiger charge is -2.26. The Hall–Kier alpha value is -0.250. The first-order chi connectivity index (χ1) is 5.34. The van der Waals surface area contributed by atoms with Gasteiger partial charge in [-0.05, 0) is 0 Å². The quantitative estimate of drug-likeness (QED) is 0.790. The Bertz CT molecular complexity index is 245. The molecule has 1 fully saturated rings. The van der Waals surface area contributed by atoms with Gasteiger partial charge >= 0.3 is 0 Å². The van der Waals surface area contributed by atoms with Crippen LogP contribution in [0.25, 0.3) is 0 Å². The number of halogens is 2. The maximum Gasteiger partial charge on any atom is 0.0785 e. The fourth-order valence-corrected chi connectivity index (χ4v) is 1.34. The first-order valence-corrected chi connectivity index (χ1v) is 4.11. The van der Waals surface area contributed by atoms with Crippen molar-refractivity contribution in [2.45, 2.75) is 6.54 Å². The molecule has 2 heterocycles. The molecule has 1 aliphatic rings. The van der Waals surface area contributed by atoms with Crippen molar-refractivity contribution < 1.29 is 0 Å². The predicted octanol–water partition coefficient (Wildman–Crippen LogP) is 1.18. The lowest BCUT2D eigenvalue weighted by atomic mass is 10.0. The SMILES string of the molecule is Cl.Clc1cnn(CC2CNC2)c1. The third kappa shape index (κ3) is 2.12. The van der Waals surface area contributed by atoms with Crippen LogP contribution in [0, 0.1) is 5.92 Å². The smallest absolute Gasteiger partial charge is 0.0785 e. The summed E-state index contributed by atoms with van der Waals surface area (Å²) in [7, 11) is 0. The molecule has 1 aromatic heterocycles. The monoisotopic (exact) mass is 207 g/mol. The lowest BCUT2D eigenvalue weighted by molar-refractivity contribution is 0.295. The van der Waals surface area contributed by atoms with E-state index in [1.807, 2.05) is 10.9 Å². The van der Waals surface area contributed by atoms with E-state index in [0.717, 1.165) is 30.6 Å². The molecule has 3 nitrogen and oxygen atoms in total. The zero-order valence-corrected chi connectivity index (χ0v) is 8.11. The van der Waals surface area contributed by atoms with E-state index in [9.17, 15) is 0 Å². The average Bonchev–Trinajstić information content (AvgIpc) is 2.27. The highest BCUT2D eigenvalue weighted by molar-refractivity contribution is 6.30. The fraction of sp³-hybridized carbons (Fsp3) is 0.571. The maximum atomic E-state index is 5.71. The minimum Gasteiger partial charge on any atom is -0.316 e.